The zero-order valence-electron chi connectivity index (χ0n) is 8.31. The van der Waals surface area contributed by atoms with Gasteiger partial charge in [-0.25, -0.2) is 9.59 Å². The van der Waals surface area contributed by atoms with Gasteiger partial charge in [0.15, 0.2) is 0 Å². The van der Waals surface area contributed by atoms with Gasteiger partial charge in [-0.15, -0.1) is 5.11 Å². The van der Waals surface area contributed by atoms with Crippen molar-refractivity contribution in [2.75, 3.05) is 13.7 Å². The smallest absolute Gasteiger partial charge is 0.452 e. The fourth-order valence-electron chi connectivity index (χ4n) is 0.544. The Labute approximate surface area is 81.6 Å². The van der Waals surface area contributed by atoms with Crippen molar-refractivity contribution in [1.29, 1.82) is 0 Å². The van der Waals surface area contributed by atoms with E-state index in [0.717, 1.165) is 6.08 Å². The first-order valence-corrected chi connectivity index (χ1v) is 3.95. The largest absolute Gasteiger partial charge is 0.463 e. The molecule has 0 unspecified atom stereocenters. The fraction of sp³-hybridized carbons (Fsp3) is 0.500. The van der Waals surface area contributed by atoms with Gasteiger partial charge in [0.1, 0.15) is 0 Å². The van der Waals surface area contributed by atoms with Gasteiger partial charge in [0.05, 0.1) is 19.4 Å². The van der Waals surface area contributed by atoms with Gasteiger partial charge >= 0.3 is 12.1 Å². The highest BCUT2D eigenvalue weighted by atomic mass is 16.5. The predicted molar refractivity (Wildman–Crippen MR) is 47.7 cm³/mol. The first kappa shape index (κ1) is 12.3. The zero-order chi connectivity index (χ0) is 11.0. The molecule has 0 aliphatic rings. The lowest BCUT2D eigenvalue weighted by molar-refractivity contribution is -0.137. The van der Waals surface area contributed by atoms with Crippen molar-refractivity contribution >= 4 is 12.1 Å². The van der Waals surface area contributed by atoms with Crippen molar-refractivity contribution in [1.82, 2.24) is 0 Å². The van der Waals surface area contributed by atoms with Crippen LogP contribution < -0.4 is 0 Å². The number of amides is 1. The molecule has 78 valence electrons. The highest BCUT2D eigenvalue weighted by molar-refractivity contribution is 5.82. The van der Waals surface area contributed by atoms with Gasteiger partial charge in [-0.3, -0.25) is 0 Å². The lowest BCUT2D eigenvalue weighted by atomic mass is 10.4. The van der Waals surface area contributed by atoms with Crippen LogP contribution in [0.5, 0.6) is 0 Å². The van der Waals surface area contributed by atoms with E-state index in [-0.39, 0.29) is 12.3 Å². The second kappa shape index (κ2) is 6.76. The van der Waals surface area contributed by atoms with Crippen LogP contribution in [0.25, 0.3) is 0 Å². The first-order valence-electron chi connectivity index (χ1n) is 3.95. The number of hydrogen-bond acceptors (Lipinski definition) is 5. The number of esters is 1. The molecule has 14 heavy (non-hydrogen) atoms. The second-order valence-electron chi connectivity index (χ2n) is 2.21. The third-order valence-electron chi connectivity index (χ3n) is 1.08. The maximum atomic E-state index is 10.9. The van der Waals surface area contributed by atoms with Gasteiger partial charge in [-0.1, -0.05) is 5.11 Å². The van der Waals surface area contributed by atoms with E-state index < -0.39 is 12.1 Å². The van der Waals surface area contributed by atoms with Crippen LogP contribution in [-0.4, -0.2) is 25.8 Å². The number of ether oxygens (including phenoxy) is 2. The molecular formula is C8H12N2O4. The van der Waals surface area contributed by atoms with E-state index in [1.165, 1.54) is 14.0 Å². The lowest BCUT2D eigenvalue weighted by Crippen LogP contribution is -1.99. The molecule has 0 rings (SSSR count). The van der Waals surface area contributed by atoms with Crippen molar-refractivity contribution < 1.29 is 19.1 Å². The summed E-state index contributed by atoms with van der Waals surface area (Å²) in [5, 5.41) is 6.57. The van der Waals surface area contributed by atoms with Crippen molar-refractivity contribution in [3.05, 3.63) is 11.8 Å². The number of carbonyl (C=O) groups excluding carboxylic acids is 2. The SMILES string of the molecule is CCOC(=O)/C=C(/C)N=NC(=O)OC. The minimum Gasteiger partial charge on any atom is -0.463 e. The maximum Gasteiger partial charge on any atom is 0.452 e. The molecule has 0 aromatic rings. The molecule has 6 nitrogen and oxygen atoms in total. The quantitative estimate of drug-likeness (QED) is 0.394. The molecule has 0 saturated heterocycles. The molecule has 0 aromatic heterocycles. The van der Waals surface area contributed by atoms with Crippen molar-refractivity contribution in [2.24, 2.45) is 10.2 Å². The zero-order valence-corrected chi connectivity index (χ0v) is 8.31. The monoisotopic (exact) mass is 200 g/mol. The van der Waals surface area contributed by atoms with Crippen molar-refractivity contribution in [2.45, 2.75) is 13.8 Å². The molecule has 0 aliphatic heterocycles. The molecular weight excluding hydrogens is 188 g/mol. The lowest BCUT2D eigenvalue weighted by Gasteiger charge is -1.95. The standard InChI is InChI=1S/C8H12N2O4/c1-4-14-7(11)5-6(2)9-10-8(12)13-3/h5H,4H2,1-3H3/b6-5-,10-9?. The number of carbonyl (C=O) groups is 2. The van der Waals surface area contributed by atoms with E-state index in [1.807, 2.05) is 0 Å². The van der Waals surface area contributed by atoms with Gasteiger partial charge in [-0.05, 0) is 13.8 Å². The molecule has 0 bridgehead atoms. The van der Waals surface area contributed by atoms with Gasteiger partial charge in [-0.2, -0.15) is 0 Å². The Morgan fingerprint density at radius 3 is 2.50 bits per heavy atom. The van der Waals surface area contributed by atoms with Crippen LogP contribution in [0.3, 0.4) is 0 Å². The first-order chi connectivity index (χ1) is 6.60. The van der Waals surface area contributed by atoms with Crippen LogP contribution >= 0.6 is 0 Å². The van der Waals surface area contributed by atoms with Crippen LogP contribution in [0.2, 0.25) is 0 Å². The molecule has 0 atom stereocenters. The Balaban J connectivity index is 4.18. The summed E-state index contributed by atoms with van der Waals surface area (Å²) < 4.78 is 8.82. The molecule has 0 aliphatic carbocycles. The molecule has 0 radical (unpaired) electrons. The Morgan fingerprint density at radius 1 is 1.36 bits per heavy atom. The van der Waals surface area contributed by atoms with Gasteiger partial charge in [0, 0.05) is 6.08 Å². The Hall–Kier alpha value is -1.72. The maximum absolute atomic E-state index is 10.9. The van der Waals surface area contributed by atoms with Crippen LogP contribution in [0, 0.1) is 0 Å². The van der Waals surface area contributed by atoms with Crippen LogP contribution in [0.15, 0.2) is 22.0 Å². The molecule has 0 aromatic carbocycles. The Bertz CT molecular complexity index is 271. The number of azo groups is 1. The second-order valence-corrected chi connectivity index (χ2v) is 2.21. The molecule has 0 fully saturated rings. The number of methoxy groups -OCH3 is 1. The predicted octanol–water partition coefficient (Wildman–Crippen LogP) is 1.67. The van der Waals surface area contributed by atoms with Crippen LogP contribution in [0.4, 0.5) is 4.79 Å². The summed E-state index contributed by atoms with van der Waals surface area (Å²) >= 11 is 0. The molecule has 0 spiro atoms. The topological polar surface area (TPSA) is 77.3 Å². The van der Waals surface area contributed by atoms with E-state index in [4.69, 9.17) is 0 Å². The van der Waals surface area contributed by atoms with Crippen molar-refractivity contribution in [3.8, 4) is 0 Å². The van der Waals surface area contributed by atoms with Crippen LogP contribution in [-0.2, 0) is 14.3 Å². The summed E-state index contributed by atoms with van der Waals surface area (Å²) in [4.78, 5) is 21.4. The number of rotatable bonds is 3. The summed E-state index contributed by atoms with van der Waals surface area (Å²) in [6, 6.07) is 0. The third-order valence-corrected chi connectivity index (χ3v) is 1.08. The Morgan fingerprint density at radius 2 is 2.00 bits per heavy atom. The molecule has 0 saturated carbocycles. The average Bonchev–Trinajstić information content (AvgIpc) is 2.14. The molecule has 1 amide bonds. The van der Waals surface area contributed by atoms with E-state index >= 15 is 0 Å². The van der Waals surface area contributed by atoms with E-state index in [2.05, 4.69) is 19.7 Å². The van der Waals surface area contributed by atoms with E-state index in [0.29, 0.717) is 0 Å². The summed E-state index contributed by atoms with van der Waals surface area (Å²) in [5.74, 6) is -0.520. The highest BCUT2D eigenvalue weighted by Gasteiger charge is 1.98. The average molecular weight is 200 g/mol. The molecule has 6 heteroatoms. The van der Waals surface area contributed by atoms with Crippen LogP contribution in [0.1, 0.15) is 13.8 Å². The summed E-state index contributed by atoms with van der Waals surface area (Å²) in [5.41, 5.74) is 0.272. The third kappa shape index (κ3) is 5.87. The van der Waals surface area contributed by atoms with Gasteiger partial charge < -0.3 is 9.47 Å². The van der Waals surface area contributed by atoms with Gasteiger partial charge in [0.25, 0.3) is 0 Å². The molecule has 0 N–H and O–H groups in total. The Kier molecular flexibility index (Phi) is 5.93. The minimum absolute atomic E-state index is 0.272. The molecule has 0 heterocycles. The van der Waals surface area contributed by atoms with Crippen molar-refractivity contribution in [3.63, 3.8) is 0 Å². The van der Waals surface area contributed by atoms with E-state index in [9.17, 15) is 9.59 Å². The fourth-order valence-corrected chi connectivity index (χ4v) is 0.544. The normalized spacial score (nSPS) is 11.5. The minimum atomic E-state index is -0.818. The number of allylic oxidation sites excluding steroid dienone is 1. The summed E-state index contributed by atoms with van der Waals surface area (Å²) in [6.07, 6.45) is 0.317. The number of hydrogen-bond donors (Lipinski definition) is 0. The van der Waals surface area contributed by atoms with Gasteiger partial charge in [0.2, 0.25) is 0 Å². The van der Waals surface area contributed by atoms with E-state index in [1.54, 1.807) is 6.92 Å². The summed E-state index contributed by atoms with van der Waals surface area (Å²) in [6.45, 7) is 3.50. The highest BCUT2D eigenvalue weighted by Crippen LogP contribution is 1.97. The number of nitrogens with zero attached hydrogens (tertiary/aromatic N) is 2. The summed E-state index contributed by atoms with van der Waals surface area (Å²) in [7, 11) is 1.19.